The van der Waals surface area contributed by atoms with Gasteiger partial charge in [-0.3, -0.25) is 4.90 Å². The molecule has 2 heterocycles. The van der Waals surface area contributed by atoms with Gasteiger partial charge in [0.05, 0.1) is 6.61 Å². The van der Waals surface area contributed by atoms with Gasteiger partial charge in [-0.2, -0.15) is 0 Å². The Morgan fingerprint density at radius 2 is 1.81 bits per heavy atom. The Morgan fingerprint density at radius 1 is 1.19 bits per heavy atom. The number of nitrogens with one attached hydrogen (secondary N) is 1. The van der Waals surface area contributed by atoms with E-state index in [1.54, 1.807) is 4.90 Å². The number of piperazine rings is 1. The van der Waals surface area contributed by atoms with Crippen LogP contribution in [0.3, 0.4) is 0 Å². The summed E-state index contributed by atoms with van der Waals surface area (Å²) in [6, 6.07) is -0.309. The van der Waals surface area contributed by atoms with Gasteiger partial charge < -0.3 is 20.1 Å². The second-order valence-corrected chi connectivity index (χ2v) is 6.76. The van der Waals surface area contributed by atoms with Gasteiger partial charge in [-0.25, -0.2) is 9.59 Å². The van der Waals surface area contributed by atoms with Gasteiger partial charge in [-0.1, -0.05) is 0 Å². The Balaban J connectivity index is 1.92. The summed E-state index contributed by atoms with van der Waals surface area (Å²) in [5.74, 6) is -1.03. The summed E-state index contributed by atoms with van der Waals surface area (Å²) in [5.41, 5.74) is -1.18. The molecule has 1 atom stereocenters. The van der Waals surface area contributed by atoms with Crippen LogP contribution in [0.25, 0.3) is 0 Å². The molecule has 0 radical (unpaired) electrons. The Kier molecular flexibility index (Phi) is 4.43. The van der Waals surface area contributed by atoms with Gasteiger partial charge in [-0.15, -0.1) is 0 Å². The first kappa shape index (κ1) is 16.0. The number of urea groups is 1. The third-order valence-electron chi connectivity index (χ3n) is 4.29. The quantitative estimate of drug-likeness (QED) is 0.769. The first-order valence-electron chi connectivity index (χ1n) is 7.38. The number of ether oxygens (including phenoxy) is 1. The molecular formula is C14H25N3O4. The third-order valence-corrected chi connectivity index (χ3v) is 4.29. The molecule has 7 nitrogen and oxygen atoms in total. The standard InChI is InChI=1S/C14H25N3O4/c1-13(2,3)17-7-5-16(6-8-17)12(20)15-14(11(18)19)4-9-21-10-14/h4-10H2,1-3H3,(H,15,20)(H,18,19). The minimum atomic E-state index is -1.27. The summed E-state index contributed by atoms with van der Waals surface area (Å²) in [6.07, 6.45) is 0.316. The summed E-state index contributed by atoms with van der Waals surface area (Å²) in [7, 11) is 0. The number of aliphatic carboxylic acids is 1. The minimum Gasteiger partial charge on any atom is -0.479 e. The fourth-order valence-electron chi connectivity index (χ4n) is 2.75. The summed E-state index contributed by atoms with van der Waals surface area (Å²) in [4.78, 5) is 27.7. The lowest BCUT2D eigenvalue weighted by Gasteiger charge is -2.42. The highest BCUT2D eigenvalue weighted by molar-refractivity contribution is 5.86. The molecule has 120 valence electrons. The Morgan fingerprint density at radius 3 is 2.24 bits per heavy atom. The van der Waals surface area contributed by atoms with Crippen LogP contribution >= 0.6 is 0 Å². The molecule has 0 aromatic heterocycles. The smallest absolute Gasteiger partial charge is 0.332 e. The van der Waals surface area contributed by atoms with Gasteiger partial charge in [0.15, 0.2) is 5.54 Å². The molecule has 0 aliphatic carbocycles. The van der Waals surface area contributed by atoms with Crippen LogP contribution in [0.2, 0.25) is 0 Å². The van der Waals surface area contributed by atoms with Crippen LogP contribution in [0.4, 0.5) is 4.79 Å². The molecule has 0 aromatic carbocycles. The van der Waals surface area contributed by atoms with Crippen LogP contribution in [-0.4, -0.2) is 77.4 Å². The monoisotopic (exact) mass is 299 g/mol. The number of carboxylic acids is 1. The van der Waals surface area contributed by atoms with Crippen molar-refractivity contribution in [3.05, 3.63) is 0 Å². The molecule has 0 aromatic rings. The van der Waals surface area contributed by atoms with Crippen LogP contribution in [-0.2, 0) is 9.53 Å². The second-order valence-electron chi connectivity index (χ2n) is 6.76. The first-order valence-corrected chi connectivity index (χ1v) is 7.38. The van der Waals surface area contributed by atoms with E-state index < -0.39 is 11.5 Å². The van der Waals surface area contributed by atoms with Crippen molar-refractivity contribution in [1.29, 1.82) is 0 Å². The van der Waals surface area contributed by atoms with Crippen LogP contribution in [0.15, 0.2) is 0 Å². The van der Waals surface area contributed by atoms with E-state index >= 15 is 0 Å². The summed E-state index contributed by atoms with van der Waals surface area (Å²) >= 11 is 0. The van der Waals surface area contributed by atoms with Gasteiger partial charge in [-0.05, 0) is 20.8 Å². The zero-order valence-electron chi connectivity index (χ0n) is 13.0. The van der Waals surface area contributed by atoms with Crippen LogP contribution in [0.5, 0.6) is 0 Å². The molecule has 0 spiro atoms. The SMILES string of the molecule is CC(C)(C)N1CCN(C(=O)NC2(C(=O)O)CCOC2)CC1. The summed E-state index contributed by atoms with van der Waals surface area (Å²) < 4.78 is 5.15. The number of nitrogens with zero attached hydrogens (tertiary/aromatic N) is 2. The van der Waals surface area contributed by atoms with Crippen molar-refractivity contribution >= 4 is 12.0 Å². The fourth-order valence-corrected chi connectivity index (χ4v) is 2.75. The number of carbonyl (C=O) groups excluding carboxylic acids is 1. The van der Waals surface area contributed by atoms with Crippen LogP contribution in [0.1, 0.15) is 27.2 Å². The Labute approximate surface area is 125 Å². The molecule has 2 aliphatic heterocycles. The highest BCUT2D eigenvalue weighted by atomic mass is 16.5. The van der Waals surface area contributed by atoms with Crippen molar-refractivity contribution in [2.24, 2.45) is 0 Å². The Hall–Kier alpha value is -1.34. The number of rotatable bonds is 2. The molecule has 21 heavy (non-hydrogen) atoms. The van der Waals surface area contributed by atoms with E-state index in [0.29, 0.717) is 26.1 Å². The van der Waals surface area contributed by atoms with Gasteiger partial charge in [0.2, 0.25) is 0 Å². The summed E-state index contributed by atoms with van der Waals surface area (Å²) in [5, 5.41) is 12.0. The largest absolute Gasteiger partial charge is 0.479 e. The highest BCUT2D eigenvalue weighted by Gasteiger charge is 2.45. The lowest BCUT2D eigenvalue weighted by Crippen LogP contribution is -2.62. The third kappa shape index (κ3) is 3.47. The molecule has 1 unspecified atom stereocenters. The molecule has 2 amide bonds. The predicted octanol–water partition coefficient (Wildman–Crippen LogP) is 0.356. The van der Waals surface area contributed by atoms with Gasteiger partial charge in [0, 0.05) is 44.7 Å². The van der Waals surface area contributed by atoms with Crippen molar-refractivity contribution in [2.45, 2.75) is 38.3 Å². The van der Waals surface area contributed by atoms with Crippen LogP contribution < -0.4 is 5.32 Å². The van der Waals surface area contributed by atoms with Crippen molar-refractivity contribution < 1.29 is 19.4 Å². The molecule has 2 fully saturated rings. The molecular weight excluding hydrogens is 274 g/mol. The number of amides is 2. The topological polar surface area (TPSA) is 82.1 Å². The molecule has 0 saturated carbocycles. The Bertz CT molecular complexity index is 405. The molecule has 7 heteroatoms. The van der Waals surface area contributed by atoms with Gasteiger partial charge in [0.1, 0.15) is 0 Å². The van der Waals surface area contributed by atoms with E-state index in [9.17, 15) is 14.7 Å². The molecule has 2 N–H and O–H groups in total. The number of carboxylic acid groups (broad SMARTS) is 1. The van der Waals surface area contributed by atoms with E-state index in [4.69, 9.17) is 4.74 Å². The van der Waals surface area contributed by atoms with Gasteiger partial charge >= 0.3 is 12.0 Å². The second kappa shape index (κ2) is 5.81. The first-order chi connectivity index (χ1) is 9.74. The maximum Gasteiger partial charge on any atom is 0.332 e. The lowest BCUT2D eigenvalue weighted by molar-refractivity contribution is -0.144. The maximum atomic E-state index is 12.3. The van der Waals surface area contributed by atoms with Gasteiger partial charge in [0.25, 0.3) is 0 Å². The summed E-state index contributed by atoms with van der Waals surface area (Å²) in [6.45, 7) is 9.68. The van der Waals surface area contributed by atoms with E-state index in [0.717, 1.165) is 13.1 Å². The van der Waals surface area contributed by atoms with E-state index in [-0.39, 0.29) is 18.2 Å². The number of carbonyl (C=O) groups is 2. The van der Waals surface area contributed by atoms with Crippen LogP contribution in [0, 0.1) is 0 Å². The molecule has 2 saturated heterocycles. The van der Waals surface area contributed by atoms with Crippen molar-refractivity contribution in [3.63, 3.8) is 0 Å². The van der Waals surface area contributed by atoms with Crippen molar-refractivity contribution in [1.82, 2.24) is 15.1 Å². The average Bonchev–Trinajstić information content (AvgIpc) is 2.88. The van der Waals surface area contributed by atoms with Crippen molar-refractivity contribution in [2.75, 3.05) is 39.4 Å². The maximum absolute atomic E-state index is 12.3. The average molecular weight is 299 g/mol. The number of hydrogen-bond donors (Lipinski definition) is 2. The molecule has 2 rings (SSSR count). The normalized spacial score (nSPS) is 27.7. The van der Waals surface area contributed by atoms with E-state index in [2.05, 4.69) is 31.0 Å². The minimum absolute atomic E-state index is 0.0377. The molecule has 0 bridgehead atoms. The zero-order valence-corrected chi connectivity index (χ0v) is 13.0. The van der Waals surface area contributed by atoms with E-state index in [1.807, 2.05) is 0 Å². The molecule has 2 aliphatic rings. The fraction of sp³-hybridized carbons (Fsp3) is 0.857. The predicted molar refractivity (Wildman–Crippen MR) is 77.2 cm³/mol. The lowest BCUT2D eigenvalue weighted by atomic mass is 9.99. The highest BCUT2D eigenvalue weighted by Crippen LogP contribution is 2.20. The van der Waals surface area contributed by atoms with E-state index in [1.165, 1.54) is 0 Å². The number of hydrogen-bond acceptors (Lipinski definition) is 4. The van der Waals surface area contributed by atoms with Crippen molar-refractivity contribution in [3.8, 4) is 0 Å². The zero-order chi connectivity index (χ0) is 15.7.